The molecule has 0 aliphatic heterocycles. The zero-order valence-electron chi connectivity index (χ0n) is 9.23. The molecular weight excluding hydrogens is 296 g/mol. The van der Waals surface area contributed by atoms with Gasteiger partial charge in [0.1, 0.15) is 0 Å². The molecule has 0 saturated heterocycles. The number of rotatable bonds is 2. The summed E-state index contributed by atoms with van der Waals surface area (Å²) >= 11 is 3.35. The van der Waals surface area contributed by atoms with Crippen molar-refractivity contribution >= 4 is 31.8 Å². The maximum atomic E-state index is 12.1. The van der Waals surface area contributed by atoms with Crippen LogP contribution in [0.1, 0.15) is 26.7 Å². The molecule has 2 rings (SSSR count). The van der Waals surface area contributed by atoms with Gasteiger partial charge in [-0.2, -0.15) is 8.42 Å². The first-order valence-corrected chi connectivity index (χ1v) is 7.78. The summed E-state index contributed by atoms with van der Waals surface area (Å²) < 4.78 is 31.2. The lowest BCUT2D eigenvalue weighted by Crippen LogP contribution is -2.40. The van der Waals surface area contributed by atoms with Gasteiger partial charge in [-0.15, -0.1) is 0 Å². The summed E-state index contributed by atoms with van der Waals surface area (Å²) in [7, 11) is -4.05. The van der Waals surface area contributed by atoms with Crippen molar-refractivity contribution in [3.05, 3.63) is 0 Å². The second-order valence-corrected chi connectivity index (χ2v) is 7.83. The second-order valence-electron chi connectivity index (χ2n) is 5.39. The molecule has 0 aromatic rings. The summed E-state index contributed by atoms with van der Waals surface area (Å²) in [4.78, 5) is 11.8. The van der Waals surface area contributed by atoms with Gasteiger partial charge >= 0.3 is 0 Å². The smallest absolute Gasteiger partial charge is 0.265 e. The number of Topliss-reactive ketones (excluding diaryl/α,β-unsaturated/α-hetero) is 1. The Bertz CT molecular complexity index is 446. The standard InChI is InChI=1S/C10H15BrO4S/c1-9-4-3-6(7(11)8(9)12)10(9,2)5-16(13,14)15/h6-7H,3-5H2,1-2H3,(H,13,14,15)/t6-,7?,9-,10+/m1/s1. The summed E-state index contributed by atoms with van der Waals surface area (Å²) in [5.74, 6) is -0.239. The maximum Gasteiger partial charge on any atom is 0.265 e. The Morgan fingerprint density at radius 2 is 2.06 bits per heavy atom. The Labute approximate surface area is 104 Å². The average molecular weight is 311 g/mol. The molecule has 2 fully saturated rings. The molecule has 0 spiro atoms. The quantitative estimate of drug-likeness (QED) is 0.622. The normalized spacial score (nSPS) is 47.6. The van der Waals surface area contributed by atoms with Crippen molar-refractivity contribution < 1.29 is 17.8 Å². The van der Waals surface area contributed by atoms with Crippen LogP contribution in [0.3, 0.4) is 0 Å². The second kappa shape index (κ2) is 3.29. The third-order valence-electron chi connectivity index (χ3n) is 4.66. The predicted octanol–water partition coefficient (Wildman–Crippen LogP) is 1.64. The van der Waals surface area contributed by atoms with E-state index in [4.69, 9.17) is 4.55 Å². The van der Waals surface area contributed by atoms with Crippen LogP contribution < -0.4 is 0 Å². The highest BCUT2D eigenvalue weighted by Crippen LogP contribution is 2.65. The van der Waals surface area contributed by atoms with Crippen LogP contribution in [0.5, 0.6) is 0 Å². The molecule has 1 N–H and O–H groups in total. The zero-order chi connectivity index (χ0) is 12.4. The van der Waals surface area contributed by atoms with Crippen molar-refractivity contribution in [2.45, 2.75) is 31.5 Å². The molecule has 0 aromatic heterocycles. The lowest BCUT2D eigenvalue weighted by atomic mass is 9.70. The van der Waals surface area contributed by atoms with Gasteiger partial charge in [-0.25, -0.2) is 0 Å². The molecule has 2 aliphatic rings. The van der Waals surface area contributed by atoms with Crippen molar-refractivity contribution in [1.82, 2.24) is 0 Å². The predicted molar refractivity (Wildman–Crippen MR) is 63.1 cm³/mol. The Hall–Kier alpha value is 0.0600. The highest BCUT2D eigenvalue weighted by molar-refractivity contribution is 9.10. The molecule has 0 heterocycles. The molecule has 92 valence electrons. The largest absolute Gasteiger partial charge is 0.298 e. The fourth-order valence-electron chi connectivity index (χ4n) is 3.46. The minimum absolute atomic E-state index is 0.00641. The average Bonchev–Trinajstić information content (AvgIpc) is 2.40. The zero-order valence-corrected chi connectivity index (χ0v) is 11.6. The lowest BCUT2D eigenvalue weighted by molar-refractivity contribution is -0.127. The number of carbonyl (C=O) groups is 1. The van der Waals surface area contributed by atoms with Crippen LogP contribution >= 0.6 is 15.9 Å². The van der Waals surface area contributed by atoms with Gasteiger partial charge in [0.2, 0.25) is 0 Å². The van der Waals surface area contributed by atoms with Crippen molar-refractivity contribution in [3.8, 4) is 0 Å². The summed E-state index contributed by atoms with van der Waals surface area (Å²) in [5, 5.41) is 0. The molecule has 2 saturated carbocycles. The van der Waals surface area contributed by atoms with Gasteiger partial charge in [-0.3, -0.25) is 9.35 Å². The number of carbonyl (C=O) groups excluding carboxylic acids is 1. The van der Waals surface area contributed by atoms with Gasteiger partial charge in [0.05, 0.1) is 10.6 Å². The molecule has 0 aromatic carbocycles. The number of halogens is 1. The number of hydrogen-bond acceptors (Lipinski definition) is 3. The van der Waals surface area contributed by atoms with E-state index in [-0.39, 0.29) is 22.3 Å². The Kier molecular flexibility index (Phi) is 2.58. The number of ketones is 1. The van der Waals surface area contributed by atoms with E-state index in [2.05, 4.69) is 15.9 Å². The van der Waals surface area contributed by atoms with E-state index >= 15 is 0 Å². The number of alkyl halides is 1. The minimum atomic E-state index is -4.05. The third-order valence-corrected chi connectivity index (χ3v) is 6.68. The highest BCUT2D eigenvalue weighted by atomic mass is 79.9. The van der Waals surface area contributed by atoms with E-state index < -0.39 is 20.9 Å². The Morgan fingerprint density at radius 3 is 2.44 bits per heavy atom. The molecule has 16 heavy (non-hydrogen) atoms. The summed E-state index contributed by atoms with van der Waals surface area (Å²) in [5.41, 5.74) is -1.27. The Balaban J connectivity index is 2.47. The van der Waals surface area contributed by atoms with Gasteiger partial charge in [0, 0.05) is 10.8 Å². The van der Waals surface area contributed by atoms with Gasteiger partial charge in [0.15, 0.2) is 5.78 Å². The van der Waals surface area contributed by atoms with Gasteiger partial charge in [-0.05, 0) is 18.8 Å². The molecular formula is C10H15BrO4S. The fraction of sp³-hybridized carbons (Fsp3) is 0.900. The first-order valence-electron chi connectivity index (χ1n) is 5.25. The fourth-order valence-corrected chi connectivity index (χ4v) is 6.11. The third kappa shape index (κ3) is 1.42. The molecule has 1 unspecified atom stereocenters. The van der Waals surface area contributed by atoms with Gasteiger partial charge in [0.25, 0.3) is 10.1 Å². The molecule has 0 amide bonds. The maximum absolute atomic E-state index is 12.1. The van der Waals surface area contributed by atoms with Crippen molar-refractivity contribution in [2.24, 2.45) is 16.7 Å². The van der Waals surface area contributed by atoms with E-state index in [1.165, 1.54) is 0 Å². The molecule has 0 radical (unpaired) electrons. The van der Waals surface area contributed by atoms with Crippen molar-refractivity contribution in [3.63, 3.8) is 0 Å². The summed E-state index contributed by atoms with van der Waals surface area (Å²) in [6.45, 7) is 3.62. The molecule has 4 nitrogen and oxygen atoms in total. The van der Waals surface area contributed by atoms with E-state index in [0.717, 1.165) is 6.42 Å². The monoisotopic (exact) mass is 310 g/mol. The van der Waals surface area contributed by atoms with E-state index in [9.17, 15) is 13.2 Å². The molecule has 4 atom stereocenters. The van der Waals surface area contributed by atoms with Crippen LogP contribution in [0, 0.1) is 16.7 Å². The van der Waals surface area contributed by atoms with Crippen LogP contribution in [-0.2, 0) is 14.9 Å². The summed E-state index contributed by atoms with van der Waals surface area (Å²) in [6.07, 6.45) is 1.55. The van der Waals surface area contributed by atoms with E-state index in [1.54, 1.807) is 6.92 Å². The molecule has 6 heteroatoms. The van der Waals surface area contributed by atoms with Gasteiger partial charge in [-0.1, -0.05) is 29.8 Å². The Morgan fingerprint density at radius 1 is 1.50 bits per heavy atom. The number of hydrogen-bond donors (Lipinski definition) is 1. The van der Waals surface area contributed by atoms with E-state index in [1.807, 2.05) is 6.92 Å². The topological polar surface area (TPSA) is 71.4 Å². The lowest BCUT2D eigenvalue weighted by Gasteiger charge is -2.35. The minimum Gasteiger partial charge on any atom is -0.298 e. The SMILES string of the molecule is C[C@]1(CS(=O)(=O)O)[C@@H]2CC[C@]1(C)C(=O)C2Br. The van der Waals surface area contributed by atoms with E-state index in [0.29, 0.717) is 6.42 Å². The molecule has 2 aliphatic carbocycles. The van der Waals surface area contributed by atoms with Crippen LogP contribution in [0.15, 0.2) is 0 Å². The van der Waals surface area contributed by atoms with Crippen LogP contribution in [0.2, 0.25) is 0 Å². The van der Waals surface area contributed by atoms with Gasteiger partial charge < -0.3 is 0 Å². The van der Waals surface area contributed by atoms with Crippen LogP contribution in [0.4, 0.5) is 0 Å². The van der Waals surface area contributed by atoms with Crippen molar-refractivity contribution in [1.29, 1.82) is 0 Å². The summed E-state index contributed by atoms with van der Waals surface area (Å²) in [6, 6.07) is 0. The first-order chi connectivity index (χ1) is 7.12. The number of fused-ring (bicyclic) bond motifs is 2. The van der Waals surface area contributed by atoms with Crippen LogP contribution in [0.25, 0.3) is 0 Å². The van der Waals surface area contributed by atoms with Crippen LogP contribution in [-0.4, -0.2) is 29.3 Å². The van der Waals surface area contributed by atoms with Crippen molar-refractivity contribution in [2.75, 3.05) is 5.75 Å². The first kappa shape index (κ1) is 12.5. The highest BCUT2D eigenvalue weighted by Gasteiger charge is 2.68. The molecule has 2 bridgehead atoms.